The van der Waals surface area contributed by atoms with E-state index in [4.69, 9.17) is 4.74 Å². The quantitative estimate of drug-likeness (QED) is 0.552. The number of carboxylic acids is 2. The normalized spacial score (nSPS) is 15.4. The van der Waals surface area contributed by atoms with Crippen molar-refractivity contribution in [3.05, 3.63) is 51.6 Å². The first-order chi connectivity index (χ1) is 10.8. The van der Waals surface area contributed by atoms with Crippen molar-refractivity contribution in [3.63, 3.8) is 0 Å². The average molecular weight is 320 g/mol. The van der Waals surface area contributed by atoms with Crippen LogP contribution < -0.4 is 14.8 Å². The van der Waals surface area contributed by atoms with Crippen LogP contribution in [0.1, 0.15) is 25.3 Å². The Morgan fingerprint density at radius 3 is 2.17 bits per heavy atom. The number of rotatable bonds is 4. The molecule has 0 aromatic carbocycles. The van der Waals surface area contributed by atoms with Crippen molar-refractivity contribution in [2.24, 2.45) is 0 Å². The second kappa shape index (κ2) is 5.99. The maximum absolute atomic E-state index is 11.9. The van der Waals surface area contributed by atoms with Crippen molar-refractivity contribution in [2.45, 2.75) is 19.8 Å². The third-order valence-corrected chi connectivity index (χ3v) is 3.67. The lowest BCUT2D eigenvalue weighted by Crippen LogP contribution is -2.34. The number of pyridine rings is 1. The summed E-state index contributed by atoms with van der Waals surface area (Å²) < 4.78 is 5.49. The standard InChI is InChI=1S/C15H16N2O6/c1-7-10(14(18)19)12(11(15(20)21)8(2)16-7)9-5-4-6-17(22)13(9)23-3/h4-6,12,16H,1-3H3,(H,18,19)(H,20,21). The van der Waals surface area contributed by atoms with Gasteiger partial charge in [-0.25, -0.2) is 9.59 Å². The van der Waals surface area contributed by atoms with Crippen LogP contribution in [0.3, 0.4) is 0 Å². The largest absolute Gasteiger partial charge is 0.616 e. The number of nitrogens with zero attached hydrogens (tertiary/aromatic N) is 1. The van der Waals surface area contributed by atoms with E-state index in [1.165, 1.54) is 25.4 Å². The van der Waals surface area contributed by atoms with E-state index in [-0.39, 0.29) is 22.6 Å². The lowest BCUT2D eigenvalue weighted by atomic mass is 9.81. The smallest absolute Gasteiger partial charge is 0.383 e. The van der Waals surface area contributed by atoms with Gasteiger partial charge in [0.05, 0.1) is 29.7 Å². The molecule has 2 heterocycles. The summed E-state index contributed by atoms with van der Waals surface area (Å²) in [6, 6.07) is 2.89. The third-order valence-electron chi connectivity index (χ3n) is 3.67. The summed E-state index contributed by atoms with van der Waals surface area (Å²) in [5, 5.41) is 33.7. The molecule has 0 bridgehead atoms. The lowest BCUT2D eigenvalue weighted by Gasteiger charge is -2.28. The molecule has 0 unspecified atom stereocenters. The number of hydrogen-bond donors (Lipinski definition) is 3. The molecule has 0 atom stereocenters. The number of aromatic nitrogens is 1. The zero-order valence-corrected chi connectivity index (χ0v) is 12.8. The second-order valence-electron chi connectivity index (χ2n) is 5.04. The fraction of sp³-hybridized carbons (Fsp3) is 0.267. The number of hydrogen-bond acceptors (Lipinski definition) is 5. The highest BCUT2D eigenvalue weighted by molar-refractivity contribution is 5.98. The minimum Gasteiger partial charge on any atom is -0.616 e. The van der Waals surface area contributed by atoms with Crippen LogP contribution in [0.2, 0.25) is 0 Å². The Bertz CT molecular complexity index is 714. The summed E-state index contributed by atoms with van der Waals surface area (Å²) in [4.78, 5) is 23.3. The average Bonchev–Trinajstić information content (AvgIpc) is 2.45. The van der Waals surface area contributed by atoms with Crippen molar-refractivity contribution in [1.29, 1.82) is 0 Å². The highest BCUT2D eigenvalue weighted by atomic mass is 16.5. The summed E-state index contributed by atoms with van der Waals surface area (Å²) in [6.07, 6.45) is 1.19. The number of carbonyl (C=O) groups is 2. The number of allylic oxidation sites excluding steroid dienone is 2. The van der Waals surface area contributed by atoms with E-state index in [0.29, 0.717) is 16.1 Å². The van der Waals surface area contributed by atoms with Crippen LogP contribution in [0.4, 0.5) is 0 Å². The molecule has 3 N–H and O–H groups in total. The van der Waals surface area contributed by atoms with Gasteiger partial charge in [0.1, 0.15) is 0 Å². The molecular weight excluding hydrogens is 304 g/mol. The van der Waals surface area contributed by atoms with Gasteiger partial charge in [-0.1, -0.05) is 0 Å². The highest BCUT2D eigenvalue weighted by Crippen LogP contribution is 2.40. The van der Waals surface area contributed by atoms with Gasteiger partial charge in [0.25, 0.3) is 0 Å². The van der Waals surface area contributed by atoms with E-state index in [0.717, 1.165) is 0 Å². The van der Waals surface area contributed by atoms with Gasteiger partial charge in [0.15, 0.2) is 6.20 Å². The zero-order valence-electron chi connectivity index (χ0n) is 12.8. The highest BCUT2D eigenvalue weighted by Gasteiger charge is 2.39. The molecule has 0 spiro atoms. The molecule has 1 aliphatic heterocycles. The first kappa shape index (κ1) is 16.3. The molecule has 122 valence electrons. The van der Waals surface area contributed by atoms with Gasteiger partial charge in [-0.3, -0.25) is 0 Å². The van der Waals surface area contributed by atoms with E-state index in [2.05, 4.69) is 5.32 Å². The third kappa shape index (κ3) is 2.70. The van der Waals surface area contributed by atoms with E-state index < -0.39 is 17.9 Å². The van der Waals surface area contributed by atoms with E-state index in [1.54, 1.807) is 13.8 Å². The fourth-order valence-corrected chi connectivity index (χ4v) is 2.79. The number of dihydropyridines is 1. The Morgan fingerprint density at radius 2 is 1.74 bits per heavy atom. The van der Waals surface area contributed by atoms with Gasteiger partial charge in [-0.2, -0.15) is 0 Å². The molecule has 1 aliphatic rings. The molecule has 0 saturated carbocycles. The SMILES string of the molecule is COc1c(C2C(C(=O)O)=C(C)NC(C)=C2C(=O)O)ccc[n+]1[O-]. The maximum Gasteiger partial charge on any atom is 0.383 e. The Balaban J connectivity index is 2.80. The van der Waals surface area contributed by atoms with Gasteiger partial charge < -0.3 is 25.5 Å². The van der Waals surface area contributed by atoms with Gasteiger partial charge >= 0.3 is 17.8 Å². The molecule has 23 heavy (non-hydrogen) atoms. The molecular formula is C15H16N2O6. The second-order valence-corrected chi connectivity index (χ2v) is 5.04. The number of ether oxygens (including phenoxy) is 1. The van der Waals surface area contributed by atoms with Crippen molar-refractivity contribution in [3.8, 4) is 5.88 Å². The first-order valence-corrected chi connectivity index (χ1v) is 6.70. The predicted molar refractivity (Wildman–Crippen MR) is 78.5 cm³/mol. The molecule has 0 fully saturated rings. The number of aliphatic carboxylic acids is 2. The zero-order chi connectivity index (χ0) is 17.3. The van der Waals surface area contributed by atoms with Gasteiger partial charge in [-0.15, -0.1) is 4.73 Å². The monoisotopic (exact) mass is 320 g/mol. The first-order valence-electron chi connectivity index (χ1n) is 6.70. The summed E-state index contributed by atoms with van der Waals surface area (Å²) >= 11 is 0. The van der Waals surface area contributed by atoms with Crippen LogP contribution in [-0.2, 0) is 9.59 Å². The summed E-state index contributed by atoms with van der Waals surface area (Å²) in [7, 11) is 1.27. The molecule has 1 aromatic heterocycles. The molecule has 8 heteroatoms. The molecule has 0 amide bonds. The fourth-order valence-electron chi connectivity index (χ4n) is 2.79. The van der Waals surface area contributed by atoms with Gasteiger partial charge in [0, 0.05) is 17.5 Å². The molecule has 2 rings (SSSR count). The Hall–Kier alpha value is -3.03. The Kier molecular flexibility index (Phi) is 4.26. The van der Waals surface area contributed by atoms with Crippen LogP contribution >= 0.6 is 0 Å². The molecule has 1 aromatic rings. The Labute approximate surface area is 131 Å². The summed E-state index contributed by atoms with van der Waals surface area (Å²) in [5.41, 5.74) is 0.525. The number of nitrogens with one attached hydrogen (secondary N) is 1. The number of carboxylic acid groups (broad SMARTS) is 2. The van der Waals surface area contributed by atoms with Crippen molar-refractivity contribution >= 4 is 11.9 Å². The summed E-state index contributed by atoms with van der Waals surface area (Å²) in [5.74, 6) is -3.80. The van der Waals surface area contributed by atoms with E-state index >= 15 is 0 Å². The van der Waals surface area contributed by atoms with Crippen molar-refractivity contribution in [2.75, 3.05) is 7.11 Å². The van der Waals surface area contributed by atoms with Crippen LogP contribution in [-0.4, -0.2) is 29.3 Å². The van der Waals surface area contributed by atoms with Crippen molar-refractivity contribution in [1.82, 2.24) is 5.32 Å². The molecule has 0 aliphatic carbocycles. The minimum absolute atomic E-state index is 0.141. The maximum atomic E-state index is 11.9. The molecule has 0 radical (unpaired) electrons. The minimum atomic E-state index is -1.27. The Morgan fingerprint density at radius 1 is 1.22 bits per heavy atom. The molecule has 8 nitrogen and oxygen atoms in total. The number of methoxy groups -OCH3 is 1. The van der Waals surface area contributed by atoms with Crippen molar-refractivity contribution < 1.29 is 29.3 Å². The predicted octanol–water partition coefficient (Wildman–Crippen LogP) is 0.733. The van der Waals surface area contributed by atoms with Crippen LogP contribution in [0, 0.1) is 5.21 Å². The van der Waals surface area contributed by atoms with Crippen LogP contribution in [0.15, 0.2) is 40.9 Å². The topological polar surface area (TPSA) is 123 Å². The van der Waals surface area contributed by atoms with Crippen LogP contribution in [0.5, 0.6) is 5.88 Å². The van der Waals surface area contributed by atoms with Gasteiger partial charge in [-0.05, 0) is 19.9 Å². The van der Waals surface area contributed by atoms with Crippen LogP contribution in [0.25, 0.3) is 0 Å². The van der Waals surface area contributed by atoms with E-state index in [1.807, 2.05) is 0 Å². The summed E-state index contributed by atoms with van der Waals surface area (Å²) in [6.45, 7) is 3.08. The molecule has 0 saturated heterocycles. The lowest BCUT2D eigenvalue weighted by molar-refractivity contribution is -0.612. The van der Waals surface area contributed by atoms with Gasteiger partial charge in [0.2, 0.25) is 0 Å². The van der Waals surface area contributed by atoms with E-state index in [9.17, 15) is 25.0 Å².